The predicted molar refractivity (Wildman–Crippen MR) is 104 cm³/mol. The molecule has 0 saturated carbocycles. The smallest absolute Gasteiger partial charge is 0.325 e. The number of nitrogens with zero attached hydrogens (tertiary/aromatic N) is 2. The van der Waals surface area contributed by atoms with Gasteiger partial charge in [-0.25, -0.2) is 0 Å². The molecular formula is C18H18N2O6S2. The van der Waals surface area contributed by atoms with Gasteiger partial charge in [0, 0.05) is 0 Å². The standard InChI is InChI=1S/C18H18N2O6S2/c1-24-12-4-7-14(8-5-12)28(22,23)19-18-20(11-17(21)26-3)15-9-6-13(25-2)10-16(15)27-18/h4-10H,11H2,1-3H3/b19-18-. The summed E-state index contributed by atoms with van der Waals surface area (Å²) in [5, 5.41) is 0. The molecule has 0 N–H and O–H groups in total. The SMILES string of the molecule is COC(=O)Cn1/c(=N/S(=O)(=O)c2ccc(OC)cc2)sc2cc(OC)ccc21. The number of ether oxygens (including phenoxy) is 3. The van der Waals surface area contributed by atoms with E-state index in [1.807, 2.05) is 0 Å². The summed E-state index contributed by atoms with van der Waals surface area (Å²) in [7, 11) is 0.312. The number of benzene rings is 2. The maximum atomic E-state index is 12.8. The highest BCUT2D eigenvalue weighted by atomic mass is 32.2. The van der Waals surface area contributed by atoms with Crippen molar-refractivity contribution in [1.29, 1.82) is 0 Å². The largest absolute Gasteiger partial charge is 0.497 e. The molecular weight excluding hydrogens is 404 g/mol. The number of sulfonamides is 1. The second kappa shape index (κ2) is 8.03. The van der Waals surface area contributed by atoms with Gasteiger partial charge in [0.2, 0.25) is 4.80 Å². The summed E-state index contributed by atoms with van der Waals surface area (Å²) in [5.41, 5.74) is 0.653. The molecule has 3 rings (SSSR count). The van der Waals surface area contributed by atoms with E-state index < -0.39 is 16.0 Å². The van der Waals surface area contributed by atoms with Crippen molar-refractivity contribution in [3.8, 4) is 11.5 Å². The molecule has 0 fully saturated rings. The molecule has 28 heavy (non-hydrogen) atoms. The molecule has 0 aliphatic heterocycles. The van der Waals surface area contributed by atoms with Gasteiger partial charge in [0.25, 0.3) is 10.0 Å². The zero-order valence-corrected chi connectivity index (χ0v) is 17.0. The summed E-state index contributed by atoms with van der Waals surface area (Å²) in [6.45, 7) is -0.167. The molecule has 8 nitrogen and oxygen atoms in total. The van der Waals surface area contributed by atoms with Crippen molar-refractivity contribution in [2.45, 2.75) is 11.4 Å². The second-order valence-corrected chi connectivity index (χ2v) is 8.24. The first-order chi connectivity index (χ1) is 13.4. The van der Waals surface area contributed by atoms with Crippen LogP contribution in [0.2, 0.25) is 0 Å². The molecule has 0 amide bonds. The Kier molecular flexibility index (Phi) is 5.71. The van der Waals surface area contributed by atoms with Crippen LogP contribution in [0, 0.1) is 0 Å². The fraction of sp³-hybridized carbons (Fsp3) is 0.222. The van der Waals surface area contributed by atoms with Gasteiger partial charge in [-0.2, -0.15) is 8.42 Å². The van der Waals surface area contributed by atoms with Gasteiger partial charge in [0.15, 0.2) is 0 Å². The summed E-state index contributed by atoms with van der Waals surface area (Å²) >= 11 is 1.14. The summed E-state index contributed by atoms with van der Waals surface area (Å²) in [6.07, 6.45) is 0. The third-order valence-corrected chi connectivity index (χ3v) is 6.40. The molecule has 2 aromatic carbocycles. The van der Waals surface area contributed by atoms with Crippen molar-refractivity contribution in [1.82, 2.24) is 4.57 Å². The van der Waals surface area contributed by atoms with Gasteiger partial charge in [-0.3, -0.25) is 4.79 Å². The number of hydrogen-bond donors (Lipinski definition) is 0. The van der Waals surface area contributed by atoms with Crippen LogP contribution >= 0.6 is 11.3 Å². The molecule has 3 aromatic rings. The summed E-state index contributed by atoms with van der Waals surface area (Å²) in [6, 6.07) is 11.1. The fourth-order valence-corrected chi connectivity index (χ4v) is 4.76. The van der Waals surface area contributed by atoms with E-state index in [4.69, 9.17) is 14.2 Å². The minimum Gasteiger partial charge on any atom is -0.497 e. The van der Waals surface area contributed by atoms with Crippen LogP contribution in [0.15, 0.2) is 51.8 Å². The van der Waals surface area contributed by atoms with Gasteiger partial charge in [-0.15, -0.1) is 4.40 Å². The van der Waals surface area contributed by atoms with Crippen LogP contribution in [0.4, 0.5) is 0 Å². The highest BCUT2D eigenvalue weighted by Crippen LogP contribution is 2.24. The Morgan fingerprint density at radius 1 is 1.04 bits per heavy atom. The maximum Gasteiger partial charge on any atom is 0.325 e. The lowest BCUT2D eigenvalue weighted by Crippen LogP contribution is -2.22. The van der Waals surface area contributed by atoms with Crippen molar-refractivity contribution >= 4 is 37.5 Å². The molecule has 0 bridgehead atoms. The van der Waals surface area contributed by atoms with Gasteiger partial charge in [0.05, 0.1) is 36.4 Å². The van der Waals surface area contributed by atoms with Crippen LogP contribution in [-0.2, 0) is 26.1 Å². The van der Waals surface area contributed by atoms with Gasteiger partial charge in [-0.05, 0) is 42.5 Å². The number of carbonyl (C=O) groups excluding carboxylic acids is 1. The van der Waals surface area contributed by atoms with Crippen LogP contribution < -0.4 is 14.3 Å². The fourth-order valence-electron chi connectivity index (χ4n) is 2.50. The highest BCUT2D eigenvalue weighted by Gasteiger charge is 2.17. The molecule has 1 heterocycles. The van der Waals surface area contributed by atoms with Gasteiger partial charge < -0.3 is 18.8 Å². The lowest BCUT2D eigenvalue weighted by atomic mass is 10.3. The predicted octanol–water partition coefficient (Wildman–Crippen LogP) is 2.18. The van der Waals surface area contributed by atoms with E-state index in [-0.39, 0.29) is 16.2 Å². The Morgan fingerprint density at radius 2 is 1.68 bits per heavy atom. The van der Waals surface area contributed by atoms with Crippen molar-refractivity contribution in [3.63, 3.8) is 0 Å². The van der Waals surface area contributed by atoms with Gasteiger partial charge >= 0.3 is 5.97 Å². The molecule has 0 saturated heterocycles. The number of rotatable bonds is 6. The van der Waals surface area contributed by atoms with Gasteiger partial charge in [0.1, 0.15) is 18.0 Å². The molecule has 0 radical (unpaired) electrons. The van der Waals surface area contributed by atoms with Crippen LogP contribution in [-0.4, -0.2) is 40.3 Å². The molecule has 10 heteroatoms. The monoisotopic (exact) mass is 422 g/mol. The van der Waals surface area contributed by atoms with Crippen LogP contribution in [0.3, 0.4) is 0 Å². The molecule has 148 valence electrons. The number of hydrogen-bond acceptors (Lipinski definition) is 7. The van der Waals surface area contributed by atoms with E-state index in [0.717, 1.165) is 16.0 Å². The van der Waals surface area contributed by atoms with E-state index in [2.05, 4.69) is 4.40 Å². The topological polar surface area (TPSA) is 96.2 Å². The number of aromatic nitrogens is 1. The van der Waals surface area contributed by atoms with Crippen molar-refractivity contribution < 1.29 is 27.4 Å². The minimum atomic E-state index is -3.99. The second-order valence-electron chi connectivity index (χ2n) is 5.62. The van der Waals surface area contributed by atoms with Gasteiger partial charge in [-0.1, -0.05) is 11.3 Å². The maximum absolute atomic E-state index is 12.8. The Bertz CT molecular complexity index is 1180. The number of methoxy groups -OCH3 is 3. The Balaban J connectivity index is 2.18. The highest BCUT2D eigenvalue weighted by molar-refractivity contribution is 7.90. The molecule has 1 aromatic heterocycles. The normalized spacial score (nSPS) is 12.2. The quantitative estimate of drug-likeness (QED) is 0.565. The number of fused-ring (bicyclic) bond motifs is 1. The van der Waals surface area contributed by atoms with E-state index in [1.165, 1.54) is 38.0 Å². The summed E-state index contributed by atoms with van der Waals surface area (Å²) in [5.74, 6) is 0.635. The number of thiazole rings is 1. The van der Waals surface area contributed by atoms with Crippen molar-refractivity contribution in [2.24, 2.45) is 4.40 Å². The molecule has 0 aliphatic carbocycles. The first-order valence-corrected chi connectivity index (χ1v) is 10.3. The Morgan fingerprint density at radius 3 is 2.29 bits per heavy atom. The van der Waals surface area contributed by atoms with Crippen LogP contribution in [0.1, 0.15) is 0 Å². The first-order valence-electron chi connectivity index (χ1n) is 8.07. The lowest BCUT2D eigenvalue weighted by Gasteiger charge is -2.05. The number of carbonyl (C=O) groups is 1. The third-order valence-electron chi connectivity index (χ3n) is 3.96. The average Bonchev–Trinajstić information content (AvgIpc) is 3.03. The van der Waals surface area contributed by atoms with Crippen LogP contribution in [0.5, 0.6) is 11.5 Å². The minimum absolute atomic E-state index is 0.0213. The zero-order valence-electron chi connectivity index (χ0n) is 15.4. The van der Waals surface area contributed by atoms with E-state index in [0.29, 0.717) is 17.0 Å². The first kappa shape index (κ1) is 19.9. The van der Waals surface area contributed by atoms with E-state index >= 15 is 0 Å². The number of esters is 1. The summed E-state index contributed by atoms with van der Waals surface area (Å²) in [4.78, 5) is 12.0. The molecule has 0 atom stereocenters. The van der Waals surface area contributed by atoms with Crippen molar-refractivity contribution in [2.75, 3.05) is 21.3 Å². The van der Waals surface area contributed by atoms with Crippen LogP contribution in [0.25, 0.3) is 10.2 Å². The molecule has 0 aliphatic rings. The Hall–Kier alpha value is -2.85. The summed E-state index contributed by atoms with van der Waals surface area (Å²) < 4.78 is 46.7. The third kappa shape index (κ3) is 4.02. The van der Waals surface area contributed by atoms with E-state index in [9.17, 15) is 13.2 Å². The Labute approximate surface area is 165 Å². The average molecular weight is 422 g/mol. The van der Waals surface area contributed by atoms with E-state index in [1.54, 1.807) is 30.3 Å². The zero-order chi connectivity index (χ0) is 20.3. The van der Waals surface area contributed by atoms with Crippen molar-refractivity contribution in [3.05, 3.63) is 47.3 Å². The molecule has 0 spiro atoms. The molecule has 0 unspecified atom stereocenters. The lowest BCUT2D eigenvalue weighted by molar-refractivity contribution is -0.141.